The van der Waals surface area contributed by atoms with Crippen LogP contribution in [-0.2, 0) is 33.3 Å². The lowest BCUT2D eigenvalue weighted by Crippen LogP contribution is -2.44. The van der Waals surface area contributed by atoms with Gasteiger partial charge in [-0.3, -0.25) is 19.2 Å². The first-order valence-electron chi connectivity index (χ1n) is 5.93. The number of hydrogen-bond donors (Lipinski definition) is 0. The van der Waals surface area contributed by atoms with E-state index in [1.165, 1.54) is 23.5 Å². The van der Waals surface area contributed by atoms with Crippen LogP contribution in [-0.4, -0.2) is 40.4 Å². The zero-order valence-electron chi connectivity index (χ0n) is 11.5. The quantitative estimate of drug-likeness (QED) is 0.190. The summed E-state index contributed by atoms with van der Waals surface area (Å²) >= 11 is 0. The molecule has 0 fully saturated rings. The van der Waals surface area contributed by atoms with E-state index in [0.29, 0.717) is 12.6 Å². The van der Waals surface area contributed by atoms with E-state index in [4.69, 9.17) is 0 Å². The van der Waals surface area contributed by atoms with Crippen molar-refractivity contribution >= 4 is 35.7 Å². The van der Waals surface area contributed by atoms with E-state index < -0.39 is 36.0 Å². The molecule has 0 saturated carbocycles. The van der Waals surface area contributed by atoms with Crippen LogP contribution in [0.3, 0.4) is 0 Å². The third kappa shape index (κ3) is 3.22. The third-order valence-electron chi connectivity index (χ3n) is 2.93. The van der Waals surface area contributed by atoms with Gasteiger partial charge in [0.2, 0.25) is 11.6 Å². The van der Waals surface area contributed by atoms with Crippen LogP contribution in [0.5, 0.6) is 0 Å². The van der Waals surface area contributed by atoms with Crippen LogP contribution in [0, 0.1) is 0 Å². The van der Waals surface area contributed by atoms with Gasteiger partial charge in [0.05, 0.1) is 19.9 Å². The molecule has 0 spiro atoms. The normalized spacial score (nSPS) is 10.0. The van der Waals surface area contributed by atoms with E-state index in [1.807, 2.05) is 0 Å². The Labute approximate surface area is 119 Å². The van der Waals surface area contributed by atoms with Gasteiger partial charge in [-0.2, -0.15) is 4.68 Å². The highest BCUT2D eigenvalue weighted by molar-refractivity contribution is 6.46. The summed E-state index contributed by atoms with van der Waals surface area (Å²) in [6.07, 6.45) is -0.492. The lowest BCUT2D eigenvalue weighted by molar-refractivity contribution is -0.752. The molecule has 8 nitrogen and oxygen atoms in total. The van der Waals surface area contributed by atoms with Crippen LogP contribution in [0.4, 0.5) is 0 Å². The van der Waals surface area contributed by atoms with Crippen molar-refractivity contribution in [2.24, 2.45) is 14.1 Å². The molecule has 0 bridgehead atoms. The van der Waals surface area contributed by atoms with E-state index >= 15 is 0 Å². The zero-order valence-corrected chi connectivity index (χ0v) is 11.5. The molecule has 0 unspecified atom stereocenters. The molecule has 0 amide bonds. The van der Waals surface area contributed by atoms with Gasteiger partial charge < -0.3 is 9.59 Å². The lowest BCUT2D eigenvalue weighted by atomic mass is 10.1. The van der Waals surface area contributed by atoms with Crippen LogP contribution in [0.15, 0.2) is 6.07 Å². The molecule has 110 valence electrons. The SMILES string of the molecule is Cn1c(C(=O)C(=O)CC=O)cc(C(=O)C(=O)CC=O)[n+]1C. The fourth-order valence-electron chi connectivity index (χ4n) is 1.69. The van der Waals surface area contributed by atoms with Crippen molar-refractivity contribution in [2.75, 3.05) is 0 Å². The van der Waals surface area contributed by atoms with Crippen molar-refractivity contribution in [3.8, 4) is 0 Å². The highest BCUT2D eigenvalue weighted by Crippen LogP contribution is 2.06. The lowest BCUT2D eigenvalue weighted by Gasteiger charge is -1.96. The Balaban J connectivity index is 3.20. The van der Waals surface area contributed by atoms with Crippen LogP contribution >= 0.6 is 0 Å². The maximum Gasteiger partial charge on any atom is 0.295 e. The summed E-state index contributed by atoms with van der Waals surface area (Å²) in [6.45, 7) is 0. The molecule has 1 aromatic rings. The molecule has 21 heavy (non-hydrogen) atoms. The smallest absolute Gasteiger partial charge is 0.295 e. The van der Waals surface area contributed by atoms with Crippen molar-refractivity contribution in [1.82, 2.24) is 4.68 Å². The Morgan fingerprint density at radius 2 is 1.52 bits per heavy atom. The van der Waals surface area contributed by atoms with Gasteiger partial charge in [0.15, 0.2) is 12.7 Å². The average Bonchev–Trinajstić information content (AvgIpc) is 2.74. The maximum atomic E-state index is 11.8. The van der Waals surface area contributed by atoms with Crippen LogP contribution in [0.2, 0.25) is 0 Å². The molecule has 1 rings (SSSR count). The number of carbonyl (C=O) groups is 6. The number of rotatable bonds is 8. The fourth-order valence-corrected chi connectivity index (χ4v) is 1.69. The molecule has 1 aromatic heterocycles. The predicted octanol–water partition coefficient (Wildman–Crippen LogP) is -1.47. The second kappa shape index (κ2) is 6.60. The molecule has 0 aliphatic carbocycles. The molecule has 0 aliphatic rings. The topological polar surface area (TPSA) is 111 Å². The van der Waals surface area contributed by atoms with Gasteiger partial charge in [0.1, 0.15) is 12.6 Å². The van der Waals surface area contributed by atoms with Gasteiger partial charge in [-0.25, -0.2) is 0 Å². The standard InChI is InChI=1S/C13H13N2O6/c1-14-8(12(20)10(18)3-5-16)7-9(15(14)2)13(21)11(19)4-6-17/h5-7H,3-4H2,1-2H3/q+1. The Bertz CT molecular complexity index is 601. The number of Topliss-reactive ketones (excluding diaryl/α,β-unsaturated/α-hetero) is 4. The Morgan fingerprint density at radius 1 is 1.05 bits per heavy atom. The second-order valence-electron chi connectivity index (χ2n) is 4.21. The number of nitrogens with zero attached hydrogens (tertiary/aromatic N) is 2. The monoisotopic (exact) mass is 293 g/mol. The fraction of sp³-hybridized carbons (Fsp3) is 0.308. The first-order chi connectivity index (χ1) is 9.84. The molecule has 0 aromatic carbocycles. The summed E-state index contributed by atoms with van der Waals surface area (Å²) < 4.78 is 2.43. The number of hydrogen-bond acceptors (Lipinski definition) is 6. The summed E-state index contributed by atoms with van der Waals surface area (Å²) in [7, 11) is 2.84. The maximum absolute atomic E-state index is 11.8. The van der Waals surface area contributed by atoms with Crippen molar-refractivity contribution in [3.05, 3.63) is 17.5 Å². The highest BCUT2D eigenvalue weighted by atomic mass is 16.2. The average molecular weight is 293 g/mol. The number of carbonyl (C=O) groups excluding carboxylic acids is 6. The second-order valence-corrected chi connectivity index (χ2v) is 4.21. The molecule has 1 heterocycles. The summed E-state index contributed by atoms with van der Waals surface area (Å²) in [5.74, 6) is -3.68. The first kappa shape index (κ1) is 16.3. The Morgan fingerprint density at radius 3 is 2.00 bits per heavy atom. The zero-order chi connectivity index (χ0) is 16.2. The van der Waals surface area contributed by atoms with Crippen molar-refractivity contribution < 1.29 is 33.4 Å². The minimum Gasteiger partial charge on any atom is -0.303 e. The number of ketones is 4. The van der Waals surface area contributed by atoms with E-state index in [9.17, 15) is 28.8 Å². The largest absolute Gasteiger partial charge is 0.303 e. The molecule has 0 radical (unpaired) electrons. The van der Waals surface area contributed by atoms with Gasteiger partial charge >= 0.3 is 0 Å². The van der Waals surface area contributed by atoms with E-state index in [2.05, 4.69) is 0 Å². The summed E-state index contributed by atoms with van der Waals surface area (Å²) in [6, 6.07) is 1.09. The van der Waals surface area contributed by atoms with Crippen LogP contribution in [0.25, 0.3) is 0 Å². The molecular weight excluding hydrogens is 280 g/mol. The summed E-state index contributed by atoms with van der Waals surface area (Å²) in [5, 5.41) is 0. The van der Waals surface area contributed by atoms with Crippen LogP contribution in [0.1, 0.15) is 33.8 Å². The molecule has 0 atom stereocenters. The Kier molecular flexibility index (Phi) is 5.12. The minimum absolute atomic E-state index is 0.119. The molecular formula is C13H13N2O6+. The Hall–Kier alpha value is -2.77. The third-order valence-corrected chi connectivity index (χ3v) is 2.93. The van der Waals surface area contributed by atoms with E-state index in [-0.39, 0.29) is 11.4 Å². The highest BCUT2D eigenvalue weighted by Gasteiger charge is 2.32. The summed E-state index contributed by atoms with van der Waals surface area (Å²) in [4.78, 5) is 67.1. The van der Waals surface area contributed by atoms with Gasteiger partial charge in [-0.05, 0) is 0 Å². The molecule has 0 aliphatic heterocycles. The van der Waals surface area contributed by atoms with Gasteiger partial charge in [-0.1, -0.05) is 0 Å². The molecule has 8 heteroatoms. The minimum atomic E-state index is -0.929. The first-order valence-corrected chi connectivity index (χ1v) is 5.93. The molecule has 0 N–H and O–H groups in total. The van der Waals surface area contributed by atoms with Crippen LogP contribution < -0.4 is 4.68 Å². The van der Waals surface area contributed by atoms with Gasteiger partial charge in [0.25, 0.3) is 17.3 Å². The van der Waals surface area contributed by atoms with E-state index in [0.717, 1.165) is 6.07 Å². The number of aldehydes is 2. The van der Waals surface area contributed by atoms with Crippen molar-refractivity contribution in [3.63, 3.8) is 0 Å². The number of aromatic nitrogens is 2. The van der Waals surface area contributed by atoms with Crippen molar-refractivity contribution in [1.29, 1.82) is 0 Å². The van der Waals surface area contributed by atoms with Gasteiger partial charge in [0, 0.05) is 6.07 Å². The summed E-state index contributed by atoms with van der Waals surface area (Å²) in [5.41, 5.74) is -0.238. The van der Waals surface area contributed by atoms with Crippen molar-refractivity contribution in [2.45, 2.75) is 12.8 Å². The van der Waals surface area contributed by atoms with E-state index in [1.54, 1.807) is 0 Å². The molecule has 0 saturated heterocycles. The van der Waals surface area contributed by atoms with Gasteiger partial charge in [-0.15, -0.1) is 4.68 Å². The predicted molar refractivity (Wildman–Crippen MR) is 66.6 cm³/mol.